The summed E-state index contributed by atoms with van der Waals surface area (Å²) in [6, 6.07) is 17.3. The number of halogens is 1. The van der Waals surface area contributed by atoms with Crippen molar-refractivity contribution in [2.45, 2.75) is 6.61 Å². The van der Waals surface area contributed by atoms with Crippen LogP contribution < -0.4 is 4.74 Å². The van der Waals surface area contributed by atoms with Crippen LogP contribution in [0.4, 0.5) is 0 Å². The van der Waals surface area contributed by atoms with Gasteiger partial charge in [-0.25, -0.2) is 0 Å². The van der Waals surface area contributed by atoms with Gasteiger partial charge in [-0.3, -0.25) is 5.41 Å². The van der Waals surface area contributed by atoms with Crippen LogP contribution in [0.15, 0.2) is 54.6 Å². The SMILES string of the molecule is COC(=N)c1cccc(OCc2ccccc2)c1.Cl. The van der Waals surface area contributed by atoms with Gasteiger partial charge in [-0.05, 0) is 23.8 Å². The summed E-state index contributed by atoms with van der Waals surface area (Å²) in [7, 11) is 1.49. The Kier molecular flexibility index (Phi) is 5.90. The van der Waals surface area contributed by atoms with Gasteiger partial charge in [-0.1, -0.05) is 36.4 Å². The molecule has 4 heteroatoms. The number of hydrogen-bond donors (Lipinski definition) is 1. The molecule has 0 unspecified atom stereocenters. The van der Waals surface area contributed by atoms with Crippen LogP contribution in [0, 0.1) is 5.41 Å². The van der Waals surface area contributed by atoms with Crippen molar-refractivity contribution in [1.82, 2.24) is 0 Å². The Morgan fingerprint density at radius 3 is 2.47 bits per heavy atom. The van der Waals surface area contributed by atoms with Crippen molar-refractivity contribution in [2.24, 2.45) is 0 Å². The fourth-order valence-corrected chi connectivity index (χ4v) is 1.59. The number of rotatable bonds is 4. The van der Waals surface area contributed by atoms with Gasteiger partial charge < -0.3 is 9.47 Å². The first-order valence-electron chi connectivity index (χ1n) is 5.69. The standard InChI is InChI=1S/C15H15NO2.ClH/c1-17-15(16)13-8-5-9-14(10-13)18-11-12-6-3-2-4-7-12;/h2-10,16H,11H2,1H3;1H. The van der Waals surface area contributed by atoms with Crippen LogP contribution >= 0.6 is 12.4 Å². The van der Waals surface area contributed by atoms with Crippen LogP contribution in [0.1, 0.15) is 11.1 Å². The van der Waals surface area contributed by atoms with Gasteiger partial charge >= 0.3 is 0 Å². The molecule has 0 aromatic heterocycles. The monoisotopic (exact) mass is 277 g/mol. The lowest BCUT2D eigenvalue weighted by atomic mass is 10.2. The van der Waals surface area contributed by atoms with E-state index in [1.807, 2.05) is 48.5 Å². The third kappa shape index (κ3) is 4.30. The molecule has 0 saturated heterocycles. The second-order valence-electron chi connectivity index (χ2n) is 3.84. The Morgan fingerprint density at radius 2 is 1.79 bits per heavy atom. The van der Waals surface area contributed by atoms with E-state index in [4.69, 9.17) is 14.9 Å². The topological polar surface area (TPSA) is 42.3 Å². The largest absolute Gasteiger partial charge is 0.489 e. The third-order valence-corrected chi connectivity index (χ3v) is 2.55. The van der Waals surface area contributed by atoms with Crippen molar-refractivity contribution < 1.29 is 9.47 Å². The molecule has 0 aliphatic heterocycles. The van der Waals surface area contributed by atoms with Crippen LogP contribution in [0.25, 0.3) is 0 Å². The summed E-state index contributed by atoms with van der Waals surface area (Å²) in [5.41, 5.74) is 1.83. The van der Waals surface area contributed by atoms with Crippen molar-refractivity contribution in [2.75, 3.05) is 7.11 Å². The summed E-state index contributed by atoms with van der Waals surface area (Å²) in [5, 5.41) is 7.59. The van der Waals surface area contributed by atoms with E-state index in [9.17, 15) is 0 Å². The summed E-state index contributed by atoms with van der Waals surface area (Å²) in [4.78, 5) is 0. The molecule has 1 N–H and O–H groups in total. The van der Waals surface area contributed by atoms with E-state index in [2.05, 4.69) is 0 Å². The number of methoxy groups -OCH3 is 1. The van der Waals surface area contributed by atoms with E-state index in [1.165, 1.54) is 7.11 Å². The van der Waals surface area contributed by atoms with E-state index in [1.54, 1.807) is 6.07 Å². The second-order valence-corrected chi connectivity index (χ2v) is 3.84. The number of nitrogens with one attached hydrogen (secondary N) is 1. The Balaban J connectivity index is 0.00000180. The van der Waals surface area contributed by atoms with Gasteiger partial charge in [0.15, 0.2) is 0 Å². The fraction of sp³-hybridized carbons (Fsp3) is 0.133. The first kappa shape index (κ1) is 15.1. The first-order valence-corrected chi connectivity index (χ1v) is 5.69. The van der Waals surface area contributed by atoms with Crippen LogP contribution in [-0.4, -0.2) is 13.0 Å². The summed E-state index contributed by atoms with van der Waals surface area (Å²) >= 11 is 0. The van der Waals surface area contributed by atoms with Crippen LogP contribution in [-0.2, 0) is 11.3 Å². The fourth-order valence-electron chi connectivity index (χ4n) is 1.59. The lowest BCUT2D eigenvalue weighted by molar-refractivity contribution is 0.306. The van der Waals surface area contributed by atoms with Crippen molar-refractivity contribution in [3.63, 3.8) is 0 Å². The van der Waals surface area contributed by atoms with Crippen LogP contribution in [0.3, 0.4) is 0 Å². The zero-order chi connectivity index (χ0) is 12.8. The Hall–Kier alpha value is -2.00. The minimum absolute atomic E-state index is 0. The van der Waals surface area contributed by atoms with Gasteiger partial charge in [-0.15, -0.1) is 12.4 Å². The molecule has 19 heavy (non-hydrogen) atoms. The molecule has 100 valence electrons. The number of benzene rings is 2. The Morgan fingerprint density at radius 1 is 1.05 bits per heavy atom. The Labute approximate surface area is 119 Å². The van der Waals surface area contributed by atoms with Crippen molar-refractivity contribution in [1.29, 1.82) is 5.41 Å². The third-order valence-electron chi connectivity index (χ3n) is 2.55. The quantitative estimate of drug-likeness (QED) is 0.684. The summed E-state index contributed by atoms with van der Waals surface area (Å²) in [6.45, 7) is 0.518. The molecule has 0 fully saturated rings. The highest BCUT2D eigenvalue weighted by atomic mass is 35.5. The average molecular weight is 278 g/mol. The molecule has 0 heterocycles. The normalized spacial score (nSPS) is 9.32. The molecule has 0 atom stereocenters. The van der Waals surface area contributed by atoms with E-state index >= 15 is 0 Å². The van der Waals surface area contributed by atoms with Crippen LogP contribution in [0.5, 0.6) is 5.75 Å². The molecule has 0 spiro atoms. The second kappa shape index (κ2) is 7.44. The summed E-state index contributed by atoms with van der Waals surface area (Å²) < 4.78 is 10.6. The maximum absolute atomic E-state index is 7.59. The zero-order valence-electron chi connectivity index (χ0n) is 10.6. The highest BCUT2D eigenvalue weighted by Gasteiger charge is 2.02. The van der Waals surface area contributed by atoms with Gasteiger partial charge in [-0.2, -0.15) is 0 Å². The van der Waals surface area contributed by atoms with E-state index in [0.717, 1.165) is 11.3 Å². The van der Waals surface area contributed by atoms with E-state index in [0.29, 0.717) is 12.2 Å². The lowest BCUT2D eigenvalue weighted by Gasteiger charge is -2.08. The predicted octanol–water partition coefficient (Wildman–Crippen LogP) is 3.66. The van der Waals surface area contributed by atoms with Gasteiger partial charge in [0.25, 0.3) is 0 Å². The molecule has 0 radical (unpaired) electrons. The Bertz CT molecular complexity index is 529. The highest BCUT2D eigenvalue weighted by molar-refractivity contribution is 5.91. The molecule has 0 aliphatic rings. The van der Waals surface area contributed by atoms with Crippen molar-refractivity contribution in [3.8, 4) is 5.75 Å². The first-order chi connectivity index (χ1) is 8.79. The molecule has 0 bridgehead atoms. The molecule has 0 amide bonds. The zero-order valence-corrected chi connectivity index (χ0v) is 11.4. The van der Waals surface area contributed by atoms with Gasteiger partial charge in [0.1, 0.15) is 12.4 Å². The van der Waals surface area contributed by atoms with E-state index < -0.39 is 0 Å². The lowest BCUT2D eigenvalue weighted by Crippen LogP contribution is -2.02. The highest BCUT2D eigenvalue weighted by Crippen LogP contribution is 2.15. The molecule has 0 aliphatic carbocycles. The van der Waals surface area contributed by atoms with Gasteiger partial charge in [0.05, 0.1) is 7.11 Å². The molecule has 2 aromatic rings. The molecular weight excluding hydrogens is 262 g/mol. The van der Waals surface area contributed by atoms with Gasteiger partial charge in [0.2, 0.25) is 5.90 Å². The maximum Gasteiger partial charge on any atom is 0.213 e. The van der Waals surface area contributed by atoms with Gasteiger partial charge in [0, 0.05) is 5.56 Å². The molecule has 0 saturated carbocycles. The maximum atomic E-state index is 7.59. The molecular formula is C15H16ClNO2. The van der Waals surface area contributed by atoms with E-state index in [-0.39, 0.29) is 18.3 Å². The minimum atomic E-state index is 0. The van der Waals surface area contributed by atoms with Crippen molar-refractivity contribution in [3.05, 3.63) is 65.7 Å². The molecule has 3 nitrogen and oxygen atoms in total. The predicted molar refractivity (Wildman–Crippen MR) is 78.3 cm³/mol. The average Bonchev–Trinajstić information content (AvgIpc) is 2.45. The van der Waals surface area contributed by atoms with Crippen LogP contribution in [0.2, 0.25) is 0 Å². The van der Waals surface area contributed by atoms with Crippen molar-refractivity contribution >= 4 is 18.3 Å². The smallest absolute Gasteiger partial charge is 0.213 e. The number of ether oxygens (including phenoxy) is 2. The number of hydrogen-bond acceptors (Lipinski definition) is 3. The molecule has 2 aromatic carbocycles. The minimum Gasteiger partial charge on any atom is -0.489 e. The molecule has 2 rings (SSSR count). The summed E-state index contributed by atoms with van der Waals surface area (Å²) in [5.74, 6) is 0.873. The summed E-state index contributed by atoms with van der Waals surface area (Å²) in [6.07, 6.45) is 0.